The van der Waals surface area contributed by atoms with E-state index in [0.29, 0.717) is 0 Å². The molecule has 0 saturated heterocycles. The summed E-state index contributed by atoms with van der Waals surface area (Å²) in [4.78, 5) is 0. The van der Waals surface area contributed by atoms with Gasteiger partial charge >= 0.3 is 0 Å². The number of para-hydroxylation sites is 7. The number of fused-ring (bicyclic) bond motifs is 10. The van der Waals surface area contributed by atoms with Gasteiger partial charge in [-0.05, 0) is 83.9 Å². The highest BCUT2D eigenvalue weighted by Crippen LogP contribution is 2.40. The second-order valence-electron chi connectivity index (χ2n) is 13.4. The molecule has 3 heteroatoms. The van der Waals surface area contributed by atoms with Gasteiger partial charge in [-0.3, -0.25) is 0 Å². The zero-order chi connectivity index (χ0) is 33.5. The summed E-state index contributed by atoms with van der Waals surface area (Å²) >= 11 is 0. The third-order valence-corrected chi connectivity index (χ3v) is 10.6. The van der Waals surface area contributed by atoms with Crippen LogP contribution < -0.4 is 0 Å². The van der Waals surface area contributed by atoms with Crippen molar-refractivity contribution >= 4 is 70.9 Å². The third kappa shape index (κ3) is 4.06. The van der Waals surface area contributed by atoms with Crippen LogP contribution >= 0.6 is 0 Å². The molecular weight excluding hydrogens is 619 g/mol. The molecule has 0 fully saturated rings. The summed E-state index contributed by atoms with van der Waals surface area (Å²) in [6, 6.07) is 68.5. The predicted octanol–water partition coefficient (Wildman–Crippen LogP) is 12.7. The van der Waals surface area contributed by atoms with Crippen LogP contribution in [-0.2, 0) is 0 Å². The molecule has 0 aliphatic heterocycles. The van der Waals surface area contributed by atoms with E-state index in [1.165, 1.54) is 76.7 Å². The predicted molar refractivity (Wildman–Crippen MR) is 215 cm³/mol. The molecule has 51 heavy (non-hydrogen) atoms. The van der Waals surface area contributed by atoms with Crippen LogP contribution in [0.3, 0.4) is 0 Å². The number of rotatable bonds is 3. The monoisotopic (exact) mass is 649 g/mol. The van der Waals surface area contributed by atoms with Gasteiger partial charge in [0.15, 0.2) is 0 Å². The lowest BCUT2D eigenvalue weighted by atomic mass is 10.00. The van der Waals surface area contributed by atoms with Gasteiger partial charge in [0.05, 0.1) is 38.6 Å². The van der Waals surface area contributed by atoms with Crippen LogP contribution in [0.5, 0.6) is 0 Å². The maximum absolute atomic E-state index is 2.49. The molecule has 0 spiro atoms. The Bertz CT molecular complexity index is 3180. The fourth-order valence-electron chi connectivity index (χ4n) is 8.45. The van der Waals surface area contributed by atoms with Gasteiger partial charge < -0.3 is 13.5 Å². The molecule has 11 rings (SSSR count). The van der Waals surface area contributed by atoms with E-state index in [1.807, 2.05) is 0 Å². The van der Waals surface area contributed by atoms with Crippen molar-refractivity contribution < 1.29 is 0 Å². The van der Waals surface area contributed by atoms with Crippen molar-refractivity contribution in [3.63, 3.8) is 0 Å². The van der Waals surface area contributed by atoms with E-state index in [-0.39, 0.29) is 0 Å². The summed E-state index contributed by atoms with van der Waals surface area (Å²) in [5.41, 5.74) is 13.1. The van der Waals surface area contributed by atoms with E-state index < -0.39 is 0 Å². The molecule has 0 saturated carbocycles. The van der Waals surface area contributed by atoms with Crippen LogP contribution in [0.2, 0.25) is 0 Å². The highest BCUT2D eigenvalue weighted by molar-refractivity contribution is 6.21. The lowest BCUT2D eigenvalue weighted by molar-refractivity contribution is 1.16. The molecule has 0 unspecified atom stereocenters. The second-order valence-corrected chi connectivity index (χ2v) is 13.4. The van der Waals surface area contributed by atoms with Gasteiger partial charge in [-0.15, -0.1) is 0 Å². The molecule has 0 atom stereocenters. The summed E-state index contributed by atoms with van der Waals surface area (Å²) in [7, 11) is 0. The van der Waals surface area contributed by atoms with Gasteiger partial charge in [-0.1, -0.05) is 115 Å². The van der Waals surface area contributed by atoms with Gasteiger partial charge in [0.25, 0.3) is 0 Å². The molecule has 8 aromatic carbocycles. The Kier molecular flexibility index (Phi) is 5.96. The highest BCUT2D eigenvalue weighted by atomic mass is 15.0. The normalized spacial score (nSPS) is 11.9. The van der Waals surface area contributed by atoms with Gasteiger partial charge in [-0.2, -0.15) is 0 Å². The van der Waals surface area contributed by atoms with E-state index in [4.69, 9.17) is 0 Å². The topological polar surface area (TPSA) is 14.3 Å². The van der Waals surface area contributed by atoms with Crippen LogP contribution in [0.1, 0.15) is 0 Å². The minimum Gasteiger partial charge on any atom is -0.309 e. The molecule has 0 aliphatic carbocycles. The molecule has 0 amide bonds. The molecule has 0 N–H and O–H groups in total. The number of nitrogens with zero attached hydrogens (tertiary/aromatic N) is 3. The first kappa shape index (κ1) is 28.0. The third-order valence-electron chi connectivity index (χ3n) is 10.6. The van der Waals surface area contributed by atoms with Crippen LogP contribution in [0.15, 0.2) is 188 Å². The van der Waals surface area contributed by atoms with Crippen LogP contribution in [-0.4, -0.2) is 13.5 Å². The van der Waals surface area contributed by atoms with Crippen molar-refractivity contribution in [2.45, 2.75) is 0 Å². The van der Waals surface area contributed by atoms with Crippen LogP contribution in [0.4, 0.5) is 0 Å². The zero-order valence-corrected chi connectivity index (χ0v) is 27.7. The molecule has 0 aliphatic rings. The van der Waals surface area contributed by atoms with E-state index in [9.17, 15) is 0 Å². The summed E-state index contributed by atoms with van der Waals surface area (Å²) in [6.07, 6.45) is 0. The molecule has 0 radical (unpaired) electrons. The summed E-state index contributed by atoms with van der Waals surface area (Å²) < 4.78 is 7.28. The molecule has 238 valence electrons. The Morgan fingerprint density at radius 2 is 0.667 bits per heavy atom. The number of hydrogen-bond acceptors (Lipinski definition) is 0. The van der Waals surface area contributed by atoms with Crippen LogP contribution in [0, 0.1) is 0 Å². The smallest absolute Gasteiger partial charge is 0.0703 e. The molecule has 3 aromatic heterocycles. The second kappa shape index (κ2) is 10.8. The van der Waals surface area contributed by atoms with Crippen molar-refractivity contribution in [1.82, 2.24) is 13.5 Å². The lowest BCUT2D eigenvalue weighted by Crippen LogP contribution is -2.00. The van der Waals surface area contributed by atoms with Crippen molar-refractivity contribution in [3.8, 4) is 22.5 Å². The maximum atomic E-state index is 2.49. The standard InChI is InChI=1S/C48H31N3/c1-3-14-34(15-4-1)49-43-23-10-8-19-37(43)40-30-32(26-28-44(40)49)33-27-29-45-41(31-33)39-21-13-20-38-36-18-7-9-22-42(36)50(35-16-5-2-6-17-35)46-24-11-12-25-47(46)51(45)48(38)39/h1-31H. The fraction of sp³-hybridized carbons (Fsp3) is 0. The molecule has 3 nitrogen and oxygen atoms in total. The van der Waals surface area contributed by atoms with Gasteiger partial charge in [-0.25, -0.2) is 0 Å². The Morgan fingerprint density at radius 1 is 0.255 bits per heavy atom. The first-order valence-corrected chi connectivity index (χ1v) is 17.5. The van der Waals surface area contributed by atoms with E-state index in [0.717, 1.165) is 16.7 Å². The van der Waals surface area contributed by atoms with E-state index in [2.05, 4.69) is 202 Å². The highest BCUT2D eigenvalue weighted by Gasteiger charge is 2.18. The molecule has 0 bridgehead atoms. The molecule has 3 heterocycles. The first-order chi connectivity index (χ1) is 25.3. The Hall–Kier alpha value is -6.84. The largest absolute Gasteiger partial charge is 0.309 e. The zero-order valence-electron chi connectivity index (χ0n) is 27.7. The minimum atomic E-state index is 1.13. The average Bonchev–Trinajstić information content (AvgIpc) is 3.71. The van der Waals surface area contributed by atoms with Crippen molar-refractivity contribution in [3.05, 3.63) is 188 Å². The Labute approximate surface area is 294 Å². The maximum Gasteiger partial charge on any atom is 0.0703 e. The van der Waals surface area contributed by atoms with Crippen molar-refractivity contribution in [2.75, 3.05) is 0 Å². The SMILES string of the molecule is c1ccc(-n2c3ccccc3c3cc(-c4ccc5c(c4)c4cccc6c7ccccc7n(-c7ccccc7)c7ccccc7n5c64)ccc32)cc1. The molecular formula is C48H31N3. The van der Waals surface area contributed by atoms with Gasteiger partial charge in [0, 0.05) is 43.7 Å². The molecule has 11 aromatic rings. The summed E-state index contributed by atoms with van der Waals surface area (Å²) in [5, 5.41) is 7.46. The van der Waals surface area contributed by atoms with Gasteiger partial charge in [0.1, 0.15) is 0 Å². The summed E-state index contributed by atoms with van der Waals surface area (Å²) in [5.74, 6) is 0. The quantitative estimate of drug-likeness (QED) is 0.181. The Morgan fingerprint density at radius 3 is 1.29 bits per heavy atom. The number of aromatic nitrogens is 3. The van der Waals surface area contributed by atoms with Crippen molar-refractivity contribution in [1.29, 1.82) is 0 Å². The van der Waals surface area contributed by atoms with Crippen molar-refractivity contribution in [2.24, 2.45) is 0 Å². The first-order valence-electron chi connectivity index (χ1n) is 17.5. The average molecular weight is 650 g/mol. The van der Waals surface area contributed by atoms with E-state index >= 15 is 0 Å². The van der Waals surface area contributed by atoms with Crippen LogP contribution in [0.25, 0.3) is 93.4 Å². The summed E-state index contributed by atoms with van der Waals surface area (Å²) in [6.45, 7) is 0. The number of benzene rings is 8. The minimum absolute atomic E-state index is 1.13. The number of hydrogen-bond donors (Lipinski definition) is 0. The lowest BCUT2D eigenvalue weighted by Gasteiger charge is -2.16. The van der Waals surface area contributed by atoms with E-state index in [1.54, 1.807) is 0 Å². The Balaban J connectivity index is 1.23. The fourth-order valence-corrected chi connectivity index (χ4v) is 8.45. The van der Waals surface area contributed by atoms with Gasteiger partial charge in [0.2, 0.25) is 0 Å².